The van der Waals surface area contributed by atoms with Crippen molar-refractivity contribution in [2.24, 2.45) is 0 Å². The predicted molar refractivity (Wildman–Crippen MR) is 69.7 cm³/mol. The third-order valence-electron chi connectivity index (χ3n) is 1.40. The Labute approximate surface area is 106 Å². The Bertz CT molecular complexity index is 216. The van der Waals surface area contributed by atoms with E-state index in [4.69, 9.17) is 11.6 Å². The molecule has 0 radical (unpaired) electrons. The van der Waals surface area contributed by atoms with Gasteiger partial charge in [-0.05, 0) is 50.1 Å². The minimum atomic E-state index is 0.0251. The van der Waals surface area contributed by atoms with Crippen molar-refractivity contribution in [3.63, 3.8) is 0 Å². The zero-order chi connectivity index (χ0) is 10.3. The van der Waals surface area contributed by atoms with Gasteiger partial charge in [0.25, 0.3) is 0 Å². The van der Waals surface area contributed by atoms with Crippen molar-refractivity contribution in [2.45, 2.75) is 24.6 Å². The number of carbonyl (C=O) groups is 1. The normalized spacial score (nSPS) is 13.2. The van der Waals surface area contributed by atoms with E-state index in [9.17, 15) is 4.79 Å². The first-order valence-electron chi connectivity index (χ1n) is 3.83. The Morgan fingerprint density at radius 3 is 2.77 bits per heavy atom. The average Bonchev–Trinajstić information content (AvgIpc) is 2.00. The molecule has 0 aliphatic heterocycles. The lowest BCUT2D eigenvalue weighted by Crippen LogP contribution is -2.02. The molecule has 0 aliphatic carbocycles. The Balaban J connectivity index is 3.63. The van der Waals surface area contributed by atoms with Crippen LogP contribution in [0.5, 0.6) is 0 Å². The number of rotatable bonds is 6. The lowest BCUT2D eigenvalue weighted by atomic mass is 10.1. The van der Waals surface area contributed by atoms with Crippen LogP contribution in [0, 0.1) is 0 Å². The fourth-order valence-corrected chi connectivity index (χ4v) is 2.18. The molecule has 13 heavy (non-hydrogen) atoms. The van der Waals surface area contributed by atoms with Crippen molar-refractivity contribution >= 4 is 55.9 Å². The van der Waals surface area contributed by atoms with Gasteiger partial charge in [-0.15, -0.1) is 11.6 Å². The van der Waals surface area contributed by atoms with Crippen molar-refractivity contribution in [1.29, 1.82) is 0 Å². The van der Waals surface area contributed by atoms with Gasteiger partial charge in [0.2, 0.25) is 0 Å². The minimum absolute atomic E-state index is 0.0251. The maximum Gasteiger partial charge on any atom is 0.156 e. The van der Waals surface area contributed by atoms with Crippen LogP contribution in [0.25, 0.3) is 0 Å². The maximum absolute atomic E-state index is 11.0. The van der Waals surface area contributed by atoms with Crippen LogP contribution in [0.15, 0.2) is 21.2 Å². The van der Waals surface area contributed by atoms with Gasteiger partial charge >= 0.3 is 0 Å². The molecule has 0 spiro atoms. The van der Waals surface area contributed by atoms with E-state index >= 15 is 0 Å². The van der Waals surface area contributed by atoms with Crippen molar-refractivity contribution < 1.29 is 4.79 Å². The van der Waals surface area contributed by atoms with E-state index in [2.05, 4.69) is 45.1 Å². The number of hydrogen-bond donors (Lipinski definition) is 0. The fraction of sp³-hybridized carbons (Fsp3) is 0.444. The first-order chi connectivity index (χ1) is 6.06. The molecule has 0 saturated carbocycles. The van der Waals surface area contributed by atoms with Crippen LogP contribution < -0.4 is 0 Å². The summed E-state index contributed by atoms with van der Waals surface area (Å²) in [5.74, 6) is 0.0987. The summed E-state index contributed by atoms with van der Waals surface area (Å²) in [5, 5.41) is 0.0251. The molecule has 0 saturated heterocycles. The lowest BCUT2D eigenvalue weighted by molar-refractivity contribution is -0.114. The van der Waals surface area contributed by atoms with Crippen molar-refractivity contribution in [2.75, 3.05) is 0 Å². The first-order valence-corrected chi connectivity index (χ1v) is 6.26. The van der Waals surface area contributed by atoms with Gasteiger partial charge in [0.15, 0.2) is 5.78 Å². The molecule has 0 rings (SSSR count). The Morgan fingerprint density at radius 1 is 1.69 bits per heavy atom. The third kappa shape index (κ3) is 8.97. The first kappa shape index (κ1) is 13.7. The summed E-state index contributed by atoms with van der Waals surface area (Å²) in [6.07, 6.45) is 3.48. The van der Waals surface area contributed by atoms with Gasteiger partial charge in [0.1, 0.15) is 0 Å². The number of hydrogen-bond acceptors (Lipinski definition) is 1. The van der Waals surface area contributed by atoms with Crippen LogP contribution >= 0.6 is 50.1 Å². The summed E-state index contributed by atoms with van der Waals surface area (Å²) in [6, 6.07) is 0. The summed E-state index contributed by atoms with van der Waals surface area (Å²) in [6.45, 7) is 3.75. The molecule has 0 bridgehead atoms. The topological polar surface area (TPSA) is 17.1 Å². The fourth-order valence-electron chi connectivity index (χ4n) is 0.795. The highest BCUT2D eigenvalue weighted by Gasteiger charge is 2.07. The molecule has 0 N–H and O–H groups in total. The second-order valence-corrected chi connectivity index (χ2v) is 5.29. The second-order valence-electron chi connectivity index (χ2n) is 2.62. The average molecular weight is 377 g/mol. The lowest BCUT2D eigenvalue weighted by Gasteiger charge is -2.05. The van der Waals surface area contributed by atoms with Crippen molar-refractivity contribution in [3.8, 4) is 0 Å². The molecular weight excluding hydrogens is 366 g/mol. The Kier molecular flexibility index (Phi) is 8.40. The minimum Gasteiger partial charge on any atom is -0.295 e. The molecule has 74 valence electrons. The van der Waals surface area contributed by atoms with Gasteiger partial charge in [-0.2, -0.15) is 0 Å². The van der Waals surface area contributed by atoms with E-state index < -0.39 is 0 Å². The third-order valence-corrected chi connectivity index (χ3v) is 2.47. The van der Waals surface area contributed by atoms with Gasteiger partial charge in [0.05, 0.1) is 0 Å². The van der Waals surface area contributed by atoms with Crippen LogP contribution in [0.1, 0.15) is 19.3 Å². The highest BCUT2D eigenvalue weighted by Crippen LogP contribution is 2.19. The summed E-state index contributed by atoms with van der Waals surface area (Å²) >= 11 is 11.2. The zero-order valence-electron chi connectivity index (χ0n) is 7.10. The van der Waals surface area contributed by atoms with E-state index in [-0.39, 0.29) is 11.2 Å². The summed E-state index contributed by atoms with van der Waals surface area (Å²) in [4.78, 5) is 12.6. The summed E-state index contributed by atoms with van der Waals surface area (Å²) in [7, 11) is 0. The van der Waals surface area contributed by atoms with Gasteiger partial charge in [-0.1, -0.05) is 22.5 Å². The molecule has 0 aromatic heterocycles. The van der Waals surface area contributed by atoms with Crippen molar-refractivity contribution in [1.82, 2.24) is 0 Å². The SMILES string of the molecule is C=C(I)C[C@H](Cl)CCC(=O)/C=C/Br. The summed E-state index contributed by atoms with van der Waals surface area (Å²) < 4.78 is 1.03. The Hall–Kier alpha value is 0.650. The van der Waals surface area contributed by atoms with Crippen molar-refractivity contribution in [3.05, 3.63) is 21.2 Å². The van der Waals surface area contributed by atoms with Crippen LogP contribution in [0.2, 0.25) is 0 Å². The van der Waals surface area contributed by atoms with Crippen LogP contribution in [0.3, 0.4) is 0 Å². The molecule has 0 aliphatic rings. The number of ketones is 1. The zero-order valence-corrected chi connectivity index (χ0v) is 11.6. The molecule has 4 heteroatoms. The van der Waals surface area contributed by atoms with Crippen LogP contribution in [0.4, 0.5) is 0 Å². The molecule has 0 unspecified atom stereocenters. The van der Waals surface area contributed by atoms with E-state index in [1.807, 2.05) is 0 Å². The molecule has 0 heterocycles. The molecule has 0 fully saturated rings. The maximum atomic E-state index is 11.0. The monoisotopic (exact) mass is 376 g/mol. The molecule has 1 nitrogen and oxygen atoms in total. The largest absolute Gasteiger partial charge is 0.295 e. The Morgan fingerprint density at radius 2 is 2.31 bits per heavy atom. The van der Waals surface area contributed by atoms with E-state index in [1.165, 1.54) is 6.08 Å². The molecule has 0 aromatic carbocycles. The number of halogens is 3. The molecular formula is C9H11BrClIO. The smallest absolute Gasteiger partial charge is 0.156 e. The van der Waals surface area contributed by atoms with Crippen LogP contribution in [-0.2, 0) is 4.79 Å². The number of allylic oxidation sites excluding steroid dienone is 2. The highest BCUT2D eigenvalue weighted by atomic mass is 127. The molecule has 0 amide bonds. The number of alkyl halides is 1. The van der Waals surface area contributed by atoms with E-state index in [1.54, 1.807) is 4.99 Å². The predicted octanol–water partition coefficient (Wildman–Crippen LogP) is 4.19. The second kappa shape index (κ2) is 8.00. The van der Waals surface area contributed by atoms with Gasteiger partial charge < -0.3 is 0 Å². The quantitative estimate of drug-likeness (QED) is 0.385. The number of carbonyl (C=O) groups excluding carboxylic acids is 1. The van der Waals surface area contributed by atoms with E-state index in [0.29, 0.717) is 12.8 Å². The van der Waals surface area contributed by atoms with E-state index in [0.717, 1.165) is 10.0 Å². The molecule has 0 aromatic rings. The van der Waals surface area contributed by atoms with Gasteiger partial charge in [0, 0.05) is 11.8 Å². The standard InChI is InChI=1S/C9H11BrClIO/c1-7(12)6-8(11)2-3-9(13)4-5-10/h4-5,8H,1-3,6H2/b5-4+/t8-/m1/s1. The van der Waals surface area contributed by atoms with Gasteiger partial charge in [-0.25, -0.2) is 0 Å². The highest BCUT2D eigenvalue weighted by molar-refractivity contribution is 14.1. The van der Waals surface area contributed by atoms with Gasteiger partial charge in [-0.3, -0.25) is 4.79 Å². The summed E-state index contributed by atoms with van der Waals surface area (Å²) in [5.41, 5.74) is 0. The van der Waals surface area contributed by atoms with Crippen LogP contribution in [-0.4, -0.2) is 11.2 Å². The molecule has 1 atom stereocenters.